The topological polar surface area (TPSA) is 105 Å². The molecule has 2 N–H and O–H groups in total. The van der Waals surface area contributed by atoms with Gasteiger partial charge in [0.1, 0.15) is 11.5 Å². The van der Waals surface area contributed by atoms with E-state index in [-0.39, 0.29) is 22.9 Å². The number of hydrogen-bond acceptors (Lipinski definition) is 8. The van der Waals surface area contributed by atoms with Crippen molar-refractivity contribution in [1.82, 2.24) is 24.8 Å². The second-order valence-electron chi connectivity index (χ2n) is 10.7. The Hall–Kier alpha value is -3.33. The van der Waals surface area contributed by atoms with Gasteiger partial charge in [0.2, 0.25) is 5.95 Å². The van der Waals surface area contributed by atoms with Crippen molar-refractivity contribution in [3.63, 3.8) is 0 Å². The zero-order valence-electron chi connectivity index (χ0n) is 23.0. The monoisotopic (exact) mass is 517 g/mol. The van der Waals surface area contributed by atoms with Crippen molar-refractivity contribution in [3.8, 4) is 0 Å². The molecule has 3 aliphatic rings. The van der Waals surface area contributed by atoms with Crippen LogP contribution < -0.4 is 21.1 Å². The summed E-state index contributed by atoms with van der Waals surface area (Å²) in [6.45, 7) is 11.7. The zero-order chi connectivity index (χ0) is 26.9. The van der Waals surface area contributed by atoms with E-state index in [1.165, 1.54) is 19.8 Å². The number of aromatic nitrogens is 4. The third-order valence-electron chi connectivity index (χ3n) is 8.43. The van der Waals surface area contributed by atoms with Crippen molar-refractivity contribution in [2.45, 2.75) is 72.3 Å². The third kappa shape index (κ3) is 4.79. The highest BCUT2D eigenvalue weighted by molar-refractivity contribution is 5.99. The molecule has 5 heterocycles. The first kappa shape index (κ1) is 26.3. The minimum atomic E-state index is -0.243. The van der Waals surface area contributed by atoms with Gasteiger partial charge >= 0.3 is 0 Å². The van der Waals surface area contributed by atoms with E-state index in [9.17, 15) is 9.59 Å². The van der Waals surface area contributed by atoms with E-state index < -0.39 is 0 Å². The number of carbonyl (C=O) groups excluding carboxylic acids is 1. The number of aryl methyl sites for hydroxylation is 1. The Morgan fingerprint density at radius 3 is 2.37 bits per heavy atom. The van der Waals surface area contributed by atoms with Crippen molar-refractivity contribution >= 4 is 34.3 Å². The third-order valence-corrected chi connectivity index (χ3v) is 8.43. The predicted molar refractivity (Wildman–Crippen MR) is 152 cm³/mol. The summed E-state index contributed by atoms with van der Waals surface area (Å²) < 4.78 is 1.73. The maximum atomic E-state index is 13.4. The summed E-state index contributed by atoms with van der Waals surface area (Å²) in [7, 11) is 0. The quantitative estimate of drug-likeness (QED) is 0.466. The van der Waals surface area contributed by atoms with Gasteiger partial charge in [-0.15, -0.1) is 0 Å². The highest BCUT2D eigenvalue weighted by Gasteiger charge is 2.39. The van der Waals surface area contributed by atoms with Crippen LogP contribution in [0.2, 0.25) is 0 Å². The average molecular weight is 518 g/mol. The molecular weight excluding hydrogens is 478 g/mol. The first-order valence-corrected chi connectivity index (χ1v) is 14.1. The molecule has 1 aliphatic carbocycles. The van der Waals surface area contributed by atoms with Gasteiger partial charge in [0.15, 0.2) is 5.78 Å². The molecule has 2 saturated heterocycles. The minimum Gasteiger partial charge on any atom is -0.370 e. The predicted octanol–water partition coefficient (Wildman–Crippen LogP) is 4.77. The Morgan fingerprint density at radius 1 is 1.08 bits per heavy atom. The summed E-state index contributed by atoms with van der Waals surface area (Å²) in [5, 5.41) is 7.37. The van der Waals surface area contributed by atoms with E-state index in [4.69, 9.17) is 4.98 Å². The number of rotatable bonds is 5. The van der Waals surface area contributed by atoms with E-state index in [1.54, 1.807) is 17.7 Å². The second kappa shape index (κ2) is 10.8. The number of nitrogens with one attached hydrogen (secondary N) is 2. The molecule has 202 valence electrons. The van der Waals surface area contributed by atoms with Gasteiger partial charge in [0, 0.05) is 43.8 Å². The number of anilines is 3. The van der Waals surface area contributed by atoms with E-state index in [1.807, 2.05) is 26.1 Å². The number of fused-ring (bicyclic) bond motifs is 1. The Balaban J connectivity index is 0.00000144. The van der Waals surface area contributed by atoms with Crippen molar-refractivity contribution in [2.75, 3.05) is 36.4 Å². The average Bonchev–Trinajstić information content (AvgIpc) is 3.44. The molecule has 1 saturated carbocycles. The van der Waals surface area contributed by atoms with Crippen LogP contribution in [0, 0.1) is 12.3 Å². The second-order valence-corrected chi connectivity index (χ2v) is 10.7. The summed E-state index contributed by atoms with van der Waals surface area (Å²) in [4.78, 5) is 42.0. The molecule has 6 rings (SSSR count). The standard InChI is InChI=1S/C27H33N7O2.C2H6/c1-17-21-14-30-26(32-24(21)34(19-5-3-4-6-19)25(36)23(17)18(2)35)31-22-8-7-20(13-29-22)33-11-9-27(10-12-33)15-28-16-27;1-2/h7-8,13-14,19,28H,3-6,9-12,15-16H2,1-2H3,(H,29,30,31,32);1-2H3. The molecule has 38 heavy (non-hydrogen) atoms. The molecule has 0 atom stereocenters. The number of Topliss-reactive ketones (excluding diaryl/α,β-unsaturated/α-hetero) is 1. The lowest BCUT2D eigenvalue weighted by Crippen LogP contribution is -2.58. The Morgan fingerprint density at radius 2 is 1.79 bits per heavy atom. The summed E-state index contributed by atoms with van der Waals surface area (Å²) in [6, 6.07) is 4.09. The van der Waals surface area contributed by atoms with Gasteiger partial charge in [-0.2, -0.15) is 4.98 Å². The Kier molecular flexibility index (Phi) is 7.47. The lowest BCUT2D eigenvalue weighted by atomic mass is 9.73. The highest BCUT2D eigenvalue weighted by atomic mass is 16.1. The van der Waals surface area contributed by atoms with Gasteiger partial charge < -0.3 is 15.5 Å². The maximum absolute atomic E-state index is 13.4. The fraction of sp³-hybridized carbons (Fsp3) is 0.552. The molecule has 3 aromatic heterocycles. The van der Waals surface area contributed by atoms with Crippen LogP contribution in [-0.4, -0.2) is 51.5 Å². The van der Waals surface area contributed by atoms with Crippen molar-refractivity contribution < 1.29 is 4.79 Å². The first-order chi connectivity index (χ1) is 18.4. The van der Waals surface area contributed by atoms with E-state index in [2.05, 4.69) is 31.6 Å². The molecule has 2 aliphatic heterocycles. The molecule has 1 spiro atoms. The molecule has 0 bridgehead atoms. The van der Waals surface area contributed by atoms with Gasteiger partial charge in [-0.3, -0.25) is 14.2 Å². The van der Waals surface area contributed by atoms with E-state index in [0.29, 0.717) is 28.4 Å². The van der Waals surface area contributed by atoms with Crippen LogP contribution in [0.25, 0.3) is 11.0 Å². The number of ketones is 1. The molecular formula is C29H39N7O2. The van der Waals surface area contributed by atoms with Crippen LogP contribution in [-0.2, 0) is 0 Å². The molecule has 0 amide bonds. The van der Waals surface area contributed by atoms with Gasteiger partial charge in [0.25, 0.3) is 5.56 Å². The number of hydrogen-bond donors (Lipinski definition) is 2. The highest BCUT2D eigenvalue weighted by Crippen LogP contribution is 2.36. The molecule has 0 unspecified atom stereocenters. The van der Waals surface area contributed by atoms with E-state index >= 15 is 0 Å². The van der Waals surface area contributed by atoms with Crippen LogP contribution in [0.4, 0.5) is 17.5 Å². The maximum Gasteiger partial charge on any atom is 0.263 e. The van der Waals surface area contributed by atoms with Crippen LogP contribution in [0.15, 0.2) is 29.3 Å². The van der Waals surface area contributed by atoms with Gasteiger partial charge in [0.05, 0.1) is 17.4 Å². The smallest absolute Gasteiger partial charge is 0.263 e. The molecule has 3 aromatic rings. The Bertz CT molecular complexity index is 1360. The summed E-state index contributed by atoms with van der Waals surface area (Å²) >= 11 is 0. The van der Waals surface area contributed by atoms with Crippen molar-refractivity contribution in [3.05, 3.63) is 46.0 Å². The summed E-state index contributed by atoms with van der Waals surface area (Å²) in [5.41, 5.74) is 2.87. The molecule has 0 radical (unpaired) electrons. The van der Waals surface area contributed by atoms with Crippen LogP contribution in [0.3, 0.4) is 0 Å². The number of piperidine rings is 1. The number of pyridine rings is 2. The van der Waals surface area contributed by atoms with Gasteiger partial charge in [-0.1, -0.05) is 26.7 Å². The fourth-order valence-electron chi connectivity index (χ4n) is 6.14. The lowest BCUT2D eigenvalue weighted by molar-refractivity contribution is 0.101. The summed E-state index contributed by atoms with van der Waals surface area (Å²) in [6.07, 6.45) is 10.0. The van der Waals surface area contributed by atoms with Gasteiger partial charge in [-0.05, 0) is 62.6 Å². The minimum absolute atomic E-state index is 0.0539. The SMILES string of the molecule is CC.CC(=O)c1c(C)c2cnc(Nc3ccc(N4CCC5(CC4)CNC5)cn3)nc2n(C2CCCC2)c1=O. The van der Waals surface area contributed by atoms with E-state index in [0.717, 1.165) is 62.9 Å². The molecule has 0 aromatic carbocycles. The van der Waals surface area contributed by atoms with Gasteiger partial charge in [-0.25, -0.2) is 9.97 Å². The normalized spacial score (nSPS) is 18.7. The number of nitrogens with zero attached hydrogens (tertiary/aromatic N) is 5. The molecule has 9 heteroatoms. The van der Waals surface area contributed by atoms with Crippen molar-refractivity contribution in [1.29, 1.82) is 0 Å². The largest absolute Gasteiger partial charge is 0.370 e. The van der Waals surface area contributed by atoms with Crippen molar-refractivity contribution in [2.24, 2.45) is 5.41 Å². The zero-order valence-corrected chi connectivity index (χ0v) is 23.0. The first-order valence-electron chi connectivity index (χ1n) is 14.1. The molecule has 9 nitrogen and oxygen atoms in total. The Labute approximate surface area is 224 Å². The number of carbonyl (C=O) groups is 1. The van der Waals surface area contributed by atoms with Crippen LogP contribution >= 0.6 is 0 Å². The van der Waals surface area contributed by atoms with Crippen LogP contribution in [0.5, 0.6) is 0 Å². The molecule has 3 fully saturated rings. The fourth-order valence-corrected chi connectivity index (χ4v) is 6.14. The lowest BCUT2D eigenvalue weighted by Gasteiger charge is -2.48. The summed E-state index contributed by atoms with van der Waals surface area (Å²) in [5.74, 6) is 0.828. The van der Waals surface area contributed by atoms with Crippen LogP contribution in [0.1, 0.15) is 81.3 Å².